The third kappa shape index (κ3) is 1.45. The van der Waals surface area contributed by atoms with Crippen LogP contribution in [0.5, 0.6) is 0 Å². The minimum Gasteiger partial charge on any atom is -0.394 e. The predicted octanol–water partition coefficient (Wildman–Crippen LogP) is 0.152. The number of hydrogen-bond donors (Lipinski definition) is 2. The summed E-state index contributed by atoms with van der Waals surface area (Å²) in [6.45, 7) is -0.250. The Hall–Kier alpha value is -0.680. The lowest BCUT2D eigenvalue weighted by atomic mass is 9.95. The highest BCUT2D eigenvalue weighted by Crippen LogP contribution is 2.63. The summed E-state index contributed by atoms with van der Waals surface area (Å²) in [6.07, 6.45) is 10.1. The first-order valence-corrected chi connectivity index (χ1v) is 5.73. The van der Waals surface area contributed by atoms with Gasteiger partial charge in [-0.1, -0.05) is 18.2 Å². The molecule has 4 atom stereocenters. The molecule has 16 heavy (non-hydrogen) atoms. The minimum atomic E-state index is -0.125. The number of aliphatic hydroxyl groups is 2. The van der Waals surface area contributed by atoms with Gasteiger partial charge in [0.15, 0.2) is 0 Å². The van der Waals surface area contributed by atoms with E-state index in [1.165, 1.54) is 5.57 Å². The van der Waals surface area contributed by atoms with Crippen molar-refractivity contribution in [3.8, 4) is 0 Å². The number of ether oxygens (including phenoxy) is 2. The third-order valence-electron chi connectivity index (χ3n) is 3.58. The van der Waals surface area contributed by atoms with E-state index in [-0.39, 0.29) is 18.8 Å². The first-order chi connectivity index (χ1) is 7.81. The quantitative estimate of drug-likeness (QED) is 0.655. The van der Waals surface area contributed by atoms with Crippen LogP contribution in [0.25, 0.3) is 0 Å². The van der Waals surface area contributed by atoms with Gasteiger partial charge in [0.05, 0.1) is 19.3 Å². The van der Waals surface area contributed by atoms with Gasteiger partial charge in [0, 0.05) is 6.42 Å². The van der Waals surface area contributed by atoms with Crippen molar-refractivity contribution >= 4 is 0 Å². The van der Waals surface area contributed by atoms with E-state index in [1.807, 2.05) is 0 Å². The lowest BCUT2D eigenvalue weighted by Crippen LogP contribution is -2.16. The van der Waals surface area contributed by atoms with Crippen LogP contribution in [0.4, 0.5) is 0 Å². The molecule has 0 radical (unpaired) electrons. The number of allylic oxidation sites excluding steroid dienone is 3. The highest BCUT2D eigenvalue weighted by molar-refractivity contribution is 5.42. The molecule has 2 saturated heterocycles. The van der Waals surface area contributed by atoms with E-state index < -0.39 is 0 Å². The van der Waals surface area contributed by atoms with E-state index in [2.05, 4.69) is 18.2 Å². The summed E-state index contributed by atoms with van der Waals surface area (Å²) < 4.78 is 11.2. The summed E-state index contributed by atoms with van der Waals surface area (Å²) in [5, 5.41) is 15.2. The van der Waals surface area contributed by atoms with Gasteiger partial charge in [0.2, 0.25) is 0 Å². The fraction of sp³-hybridized carbons (Fsp3) is 0.667. The summed E-state index contributed by atoms with van der Waals surface area (Å²) in [5.74, 6) is 0. The van der Waals surface area contributed by atoms with Gasteiger partial charge in [-0.25, -0.2) is 0 Å². The van der Waals surface area contributed by atoms with E-state index in [0.717, 1.165) is 12.8 Å². The summed E-state index contributed by atoms with van der Waals surface area (Å²) in [6, 6.07) is 0. The molecule has 4 unspecified atom stereocenters. The molecule has 2 N–H and O–H groups in total. The van der Waals surface area contributed by atoms with Gasteiger partial charge in [0.1, 0.15) is 17.8 Å². The van der Waals surface area contributed by atoms with Crippen molar-refractivity contribution in [2.75, 3.05) is 13.2 Å². The molecule has 4 nitrogen and oxygen atoms in total. The Bertz CT molecular complexity index is 347. The third-order valence-corrected chi connectivity index (χ3v) is 3.58. The molecule has 4 aliphatic rings. The fourth-order valence-corrected chi connectivity index (χ4v) is 2.73. The van der Waals surface area contributed by atoms with Gasteiger partial charge >= 0.3 is 0 Å². The molecule has 0 spiro atoms. The smallest absolute Gasteiger partial charge is 0.122 e. The van der Waals surface area contributed by atoms with Crippen molar-refractivity contribution in [3.63, 3.8) is 0 Å². The minimum absolute atomic E-state index is 0.125. The first kappa shape index (κ1) is 10.5. The van der Waals surface area contributed by atoms with Gasteiger partial charge in [-0.05, 0) is 12.0 Å². The average Bonchev–Trinajstić information content (AvgIpc) is 3.14. The molecule has 0 amide bonds. The highest BCUT2D eigenvalue weighted by Gasteiger charge is 2.76. The van der Waals surface area contributed by atoms with Crippen LogP contribution in [0.2, 0.25) is 0 Å². The standard InChI is InChI=1S/C10H10O2.C2H6O2/c1-2-4-6(3-1)10-5-7-8(11-7)9(10)12-10;3-1-2-4/h1-3,7-9H,4-5H2;3-4H,1-2H2. The Kier molecular flexibility index (Phi) is 2.40. The molecule has 3 fully saturated rings. The Balaban J connectivity index is 0.000000180. The second-order valence-corrected chi connectivity index (χ2v) is 4.54. The van der Waals surface area contributed by atoms with Crippen molar-refractivity contribution < 1.29 is 19.7 Å². The largest absolute Gasteiger partial charge is 0.394 e. The maximum absolute atomic E-state index is 7.62. The number of rotatable bonds is 2. The van der Waals surface area contributed by atoms with Crippen molar-refractivity contribution in [2.45, 2.75) is 36.8 Å². The average molecular weight is 224 g/mol. The van der Waals surface area contributed by atoms with Crippen LogP contribution in [-0.4, -0.2) is 47.3 Å². The second kappa shape index (κ2) is 3.67. The van der Waals surface area contributed by atoms with Gasteiger partial charge in [0.25, 0.3) is 0 Å². The molecule has 4 rings (SSSR count). The molecular weight excluding hydrogens is 208 g/mol. The molecule has 2 aliphatic heterocycles. The highest BCUT2D eigenvalue weighted by atomic mass is 16.7. The maximum Gasteiger partial charge on any atom is 0.122 e. The maximum atomic E-state index is 7.62. The van der Waals surface area contributed by atoms with Crippen LogP contribution in [0.1, 0.15) is 12.8 Å². The summed E-state index contributed by atoms with van der Waals surface area (Å²) >= 11 is 0. The van der Waals surface area contributed by atoms with Crippen LogP contribution < -0.4 is 0 Å². The Morgan fingerprint density at radius 3 is 2.69 bits per heavy atom. The molecule has 2 heterocycles. The van der Waals surface area contributed by atoms with Gasteiger partial charge in [-0.3, -0.25) is 0 Å². The van der Waals surface area contributed by atoms with E-state index in [0.29, 0.717) is 18.3 Å². The zero-order valence-corrected chi connectivity index (χ0v) is 9.00. The topological polar surface area (TPSA) is 65.5 Å². The molecule has 4 heteroatoms. The Morgan fingerprint density at radius 1 is 1.38 bits per heavy atom. The van der Waals surface area contributed by atoms with Crippen molar-refractivity contribution in [1.82, 2.24) is 0 Å². The van der Waals surface area contributed by atoms with Crippen LogP contribution in [0.3, 0.4) is 0 Å². The van der Waals surface area contributed by atoms with Crippen LogP contribution >= 0.6 is 0 Å². The molecule has 0 aromatic rings. The molecule has 2 aliphatic carbocycles. The van der Waals surface area contributed by atoms with E-state index in [9.17, 15) is 0 Å². The molecule has 0 aromatic carbocycles. The summed E-state index contributed by atoms with van der Waals surface area (Å²) in [7, 11) is 0. The van der Waals surface area contributed by atoms with Crippen molar-refractivity contribution in [3.05, 3.63) is 23.8 Å². The number of epoxide rings is 2. The number of fused-ring (bicyclic) bond motifs is 3. The summed E-state index contributed by atoms with van der Waals surface area (Å²) in [4.78, 5) is 0. The zero-order chi connectivity index (χ0) is 11.2. The lowest BCUT2D eigenvalue weighted by Gasteiger charge is -2.09. The number of aliphatic hydroxyl groups excluding tert-OH is 2. The predicted molar refractivity (Wildman–Crippen MR) is 56.9 cm³/mol. The molecule has 88 valence electrons. The van der Waals surface area contributed by atoms with Crippen LogP contribution in [-0.2, 0) is 9.47 Å². The summed E-state index contributed by atoms with van der Waals surface area (Å²) in [5.41, 5.74) is 1.61. The van der Waals surface area contributed by atoms with Crippen molar-refractivity contribution in [1.29, 1.82) is 0 Å². The Labute approximate surface area is 94.2 Å². The SMILES string of the molecule is C1=CCC(C23CC4OC4C2O3)=C1.OCCO. The second-order valence-electron chi connectivity index (χ2n) is 4.54. The normalized spacial score (nSPS) is 45.4. The molecular formula is C12H16O4. The van der Waals surface area contributed by atoms with E-state index in [4.69, 9.17) is 19.7 Å². The van der Waals surface area contributed by atoms with Crippen molar-refractivity contribution in [2.24, 2.45) is 0 Å². The van der Waals surface area contributed by atoms with Gasteiger partial charge < -0.3 is 19.7 Å². The Morgan fingerprint density at radius 2 is 2.19 bits per heavy atom. The molecule has 1 saturated carbocycles. The lowest BCUT2D eigenvalue weighted by molar-refractivity contribution is 0.186. The van der Waals surface area contributed by atoms with Crippen LogP contribution in [0.15, 0.2) is 23.8 Å². The van der Waals surface area contributed by atoms with Gasteiger partial charge in [-0.2, -0.15) is 0 Å². The van der Waals surface area contributed by atoms with E-state index >= 15 is 0 Å². The van der Waals surface area contributed by atoms with Crippen LogP contribution in [0, 0.1) is 0 Å². The fourth-order valence-electron chi connectivity index (χ4n) is 2.73. The first-order valence-electron chi connectivity index (χ1n) is 5.73. The number of hydrogen-bond acceptors (Lipinski definition) is 4. The zero-order valence-electron chi connectivity index (χ0n) is 9.00. The molecule has 0 aromatic heterocycles. The molecule has 0 bridgehead atoms. The van der Waals surface area contributed by atoms with E-state index in [1.54, 1.807) is 0 Å². The monoisotopic (exact) mass is 224 g/mol. The van der Waals surface area contributed by atoms with Gasteiger partial charge in [-0.15, -0.1) is 0 Å².